The first-order valence-electron chi connectivity index (χ1n) is 22.5. The molecule has 11 aromatic rings. The highest BCUT2D eigenvalue weighted by Gasteiger charge is 2.52. The molecular weight excluding hydrogens is 785 g/mol. The van der Waals surface area contributed by atoms with E-state index in [0.717, 1.165) is 34.1 Å². The number of para-hydroxylation sites is 2. The Labute approximate surface area is 379 Å². The number of rotatable bonds is 7. The lowest BCUT2D eigenvalue weighted by atomic mass is 9.70. The van der Waals surface area contributed by atoms with Crippen LogP contribution in [0.4, 0.5) is 34.1 Å². The molecule has 1 atom stereocenters. The van der Waals surface area contributed by atoms with Crippen molar-refractivity contribution in [2.75, 3.05) is 9.80 Å². The molecule has 0 bridgehead atoms. The Morgan fingerprint density at radius 3 is 1.34 bits per heavy atom. The maximum Gasteiger partial charge on any atom is 0.0727 e. The Morgan fingerprint density at radius 2 is 0.708 bits per heavy atom. The van der Waals surface area contributed by atoms with Gasteiger partial charge in [0.25, 0.3) is 0 Å². The molecule has 11 aromatic carbocycles. The standard InChI is InChI=1S/C63H42N2/c1-4-20-45(21-5-1)62-52-27-13-12-19-44(52)33-39-61(62)65(49-34-32-43-18-10-11-22-46(43)40-49)51-36-38-56-54-29-15-17-31-58(54)63(60(56)42-51)57-30-16-14-28-53(57)55-37-35-50(41-59(55)63)64(47-23-6-2-7-24-47)48-25-8-3-9-26-48/h1-42H. The minimum absolute atomic E-state index is 0.580. The van der Waals surface area contributed by atoms with Gasteiger partial charge in [-0.25, -0.2) is 0 Å². The van der Waals surface area contributed by atoms with E-state index in [-0.39, 0.29) is 0 Å². The van der Waals surface area contributed by atoms with E-state index in [1.54, 1.807) is 0 Å². The van der Waals surface area contributed by atoms with Gasteiger partial charge in [-0.15, -0.1) is 0 Å². The van der Waals surface area contributed by atoms with Crippen LogP contribution in [0, 0.1) is 0 Å². The van der Waals surface area contributed by atoms with E-state index < -0.39 is 5.41 Å². The minimum atomic E-state index is -0.580. The Hall–Kier alpha value is -8.46. The largest absolute Gasteiger partial charge is 0.310 e. The molecule has 0 aromatic heterocycles. The highest BCUT2D eigenvalue weighted by Crippen LogP contribution is 2.64. The van der Waals surface area contributed by atoms with Crippen LogP contribution in [-0.2, 0) is 5.41 Å². The van der Waals surface area contributed by atoms with Gasteiger partial charge in [0.2, 0.25) is 0 Å². The van der Waals surface area contributed by atoms with Crippen LogP contribution >= 0.6 is 0 Å². The molecule has 0 amide bonds. The fourth-order valence-corrected chi connectivity index (χ4v) is 11.1. The molecule has 1 spiro atoms. The topological polar surface area (TPSA) is 6.48 Å². The van der Waals surface area contributed by atoms with Crippen LogP contribution in [0.1, 0.15) is 22.3 Å². The van der Waals surface area contributed by atoms with Crippen molar-refractivity contribution >= 4 is 55.7 Å². The van der Waals surface area contributed by atoms with Gasteiger partial charge < -0.3 is 9.80 Å². The molecule has 13 rings (SSSR count). The van der Waals surface area contributed by atoms with Crippen molar-refractivity contribution in [3.05, 3.63) is 277 Å². The molecule has 0 radical (unpaired) electrons. The predicted molar refractivity (Wildman–Crippen MR) is 273 cm³/mol. The second-order valence-corrected chi connectivity index (χ2v) is 17.2. The van der Waals surface area contributed by atoms with E-state index in [0.29, 0.717) is 0 Å². The average molecular weight is 827 g/mol. The van der Waals surface area contributed by atoms with E-state index in [1.165, 1.54) is 77.2 Å². The Morgan fingerprint density at radius 1 is 0.262 bits per heavy atom. The zero-order chi connectivity index (χ0) is 42.9. The van der Waals surface area contributed by atoms with Crippen LogP contribution in [0.15, 0.2) is 255 Å². The minimum Gasteiger partial charge on any atom is -0.310 e. The van der Waals surface area contributed by atoms with E-state index in [9.17, 15) is 0 Å². The van der Waals surface area contributed by atoms with Gasteiger partial charge in [-0.3, -0.25) is 0 Å². The third-order valence-corrected chi connectivity index (χ3v) is 13.8. The van der Waals surface area contributed by atoms with Crippen molar-refractivity contribution in [1.82, 2.24) is 0 Å². The van der Waals surface area contributed by atoms with Crippen LogP contribution in [0.25, 0.3) is 54.9 Å². The second-order valence-electron chi connectivity index (χ2n) is 17.2. The van der Waals surface area contributed by atoms with Crippen molar-refractivity contribution < 1.29 is 0 Å². The van der Waals surface area contributed by atoms with E-state index >= 15 is 0 Å². The fraction of sp³-hybridized carbons (Fsp3) is 0.0159. The lowest BCUT2D eigenvalue weighted by Gasteiger charge is -2.34. The normalized spacial score (nSPS) is 14.2. The maximum absolute atomic E-state index is 2.51. The van der Waals surface area contributed by atoms with Crippen molar-refractivity contribution in [3.63, 3.8) is 0 Å². The Kier molecular flexibility index (Phi) is 8.47. The summed E-state index contributed by atoms with van der Waals surface area (Å²) in [6.45, 7) is 0. The van der Waals surface area contributed by atoms with Crippen molar-refractivity contribution in [3.8, 4) is 33.4 Å². The molecule has 2 aliphatic rings. The zero-order valence-electron chi connectivity index (χ0n) is 35.6. The van der Waals surface area contributed by atoms with Crippen LogP contribution in [-0.4, -0.2) is 0 Å². The quantitative estimate of drug-likeness (QED) is 0.158. The monoisotopic (exact) mass is 826 g/mol. The Balaban J connectivity index is 1.10. The van der Waals surface area contributed by atoms with Gasteiger partial charge in [0, 0.05) is 34.0 Å². The Bertz CT molecular complexity index is 3560. The third-order valence-electron chi connectivity index (χ3n) is 13.8. The SMILES string of the molecule is c1ccc(-c2c(N(c3ccc4c(c3)C3(c5ccccc5-c5ccc(N(c6ccccc6)c6ccccc6)cc53)c3ccccc3-4)c3ccc4ccccc4c3)ccc3ccccc23)cc1. The van der Waals surface area contributed by atoms with Gasteiger partial charge in [-0.1, -0.05) is 188 Å². The molecule has 2 heteroatoms. The van der Waals surface area contributed by atoms with Gasteiger partial charge in [-0.2, -0.15) is 0 Å². The lowest BCUT2D eigenvalue weighted by molar-refractivity contribution is 0.793. The van der Waals surface area contributed by atoms with Crippen LogP contribution in [0.3, 0.4) is 0 Å². The van der Waals surface area contributed by atoms with E-state index in [2.05, 4.69) is 265 Å². The summed E-state index contributed by atoms with van der Waals surface area (Å²) in [5.74, 6) is 0. The lowest BCUT2D eigenvalue weighted by Crippen LogP contribution is -2.26. The molecule has 0 fully saturated rings. The van der Waals surface area contributed by atoms with Gasteiger partial charge in [0.1, 0.15) is 0 Å². The first-order chi connectivity index (χ1) is 32.3. The number of fused-ring (bicyclic) bond motifs is 12. The molecule has 2 aliphatic carbocycles. The highest BCUT2D eigenvalue weighted by atomic mass is 15.1. The molecule has 0 heterocycles. The van der Waals surface area contributed by atoms with Gasteiger partial charge in [0.05, 0.1) is 11.1 Å². The molecule has 2 nitrogen and oxygen atoms in total. The third kappa shape index (κ3) is 5.67. The van der Waals surface area contributed by atoms with E-state index in [1.807, 2.05) is 0 Å². The average Bonchev–Trinajstić information content (AvgIpc) is 3.84. The summed E-state index contributed by atoms with van der Waals surface area (Å²) in [6, 6.07) is 94.0. The number of nitrogens with zero attached hydrogens (tertiary/aromatic N) is 2. The summed E-state index contributed by atoms with van der Waals surface area (Å²) in [5, 5.41) is 4.86. The van der Waals surface area contributed by atoms with Crippen LogP contribution < -0.4 is 9.80 Å². The number of anilines is 6. The molecule has 0 N–H and O–H groups in total. The smallest absolute Gasteiger partial charge is 0.0727 e. The van der Waals surface area contributed by atoms with Gasteiger partial charge >= 0.3 is 0 Å². The number of benzene rings is 11. The molecule has 0 saturated heterocycles. The van der Waals surface area contributed by atoms with Crippen molar-refractivity contribution in [2.45, 2.75) is 5.41 Å². The number of hydrogen-bond donors (Lipinski definition) is 0. The van der Waals surface area contributed by atoms with Crippen LogP contribution in [0.2, 0.25) is 0 Å². The zero-order valence-corrected chi connectivity index (χ0v) is 35.6. The fourth-order valence-electron chi connectivity index (χ4n) is 11.1. The summed E-state index contributed by atoms with van der Waals surface area (Å²) in [4.78, 5) is 4.89. The maximum atomic E-state index is 2.51. The predicted octanol–water partition coefficient (Wildman–Crippen LogP) is 16.9. The molecule has 304 valence electrons. The molecule has 65 heavy (non-hydrogen) atoms. The van der Waals surface area contributed by atoms with E-state index in [4.69, 9.17) is 0 Å². The molecule has 1 unspecified atom stereocenters. The molecule has 0 saturated carbocycles. The highest BCUT2D eigenvalue weighted by molar-refractivity contribution is 6.06. The van der Waals surface area contributed by atoms with Gasteiger partial charge in [-0.05, 0) is 138 Å². The summed E-state index contributed by atoms with van der Waals surface area (Å²) >= 11 is 0. The number of hydrogen-bond acceptors (Lipinski definition) is 2. The summed E-state index contributed by atoms with van der Waals surface area (Å²) < 4.78 is 0. The first kappa shape index (κ1) is 37.1. The van der Waals surface area contributed by atoms with Crippen molar-refractivity contribution in [2.24, 2.45) is 0 Å². The summed E-state index contributed by atoms with van der Waals surface area (Å²) in [7, 11) is 0. The van der Waals surface area contributed by atoms with Crippen molar-refractivity contribution in [1.29, 1.82) is 0 Å². The van der Waals surface area contributed by atoms with Gasteiger partial charge in [0.15, 0.2) is 0 Å². The summed E-state index contributed by atoms with van der Waals surface area (Å²) in [5.41, 5.74) is 18.8. The molecule has 0 aliphatic heterocycles. The second kappa shape index (κ2) is 14.8. The first-order valence-corrected chi connectivity index (χ1v) is 22.5. The molecular formula is C63H42N2. The summed E-state index contributed by atoms with van der Waals surface area (Å²) in [6.07, 6.45) is 0. The van der Waals surface area contributed by atoms with Crippen LogP contribution in [0.5, 0.6) is 0 Å².